The van der Waals surface area contributed by atoms with Crippen LogP contribution in [0.1, 0.15) is 11.3 Å². The van der Waals surface area contributed by atoms with Crippen LogP contribution in [0.5, 0.6) is 0 Å². The van der Waals surface area contributed by atoms with Crippen molar-refractivity contribution in [2.45, 2.75) is 13.5 Å². The molecule has 15 heavy (non-hydrogen) atoms. The Morgan fingerprint density at radius 3 is 2.73 bits per heavy atom. The van der Waals surface area contributed by atoms with Crippen LogP contribution in [-0.4, -0.2) is 7.05 Å². The van der Waals surface area contributed by atoms with Crippen molar-refractivity contribution in [1.29, 1.82) is 0 Å². The quantitative estimate of drug-likeness (QED) is 0.826. The molecule has 4 heteroatoms. The van der Waals surface area contributed by atoms with E-state index in [1.165, 1.54) is 6.07 Å². The summed E-state index contributed by atoms with van der Waals surface area (Å²) in [7, 11) is 1.77. The molecule has 80 valence electrons. The van der Waals surface area contributed by atoms with E-state index in [1.807, 2.05) is 0 Å². The van der Waals surface area contributed by atoms with Gasteiger partial charge >= 0.3 is 0 Å². The molecule has 0 aliphatic heterocycles. The molecular weight excluding hydrogens is 200 g/mol. The molecule has 1 aromatic heterocycles. The first-order valence-electron chi connectivity index (χ1n) is 4.65. The smallest absolute Gasteiger partial charge is 0.170 e. The molecule has 0 fully saturated rings. The fourth-order valence-corrected chi connectivity index (χ4v) is 1.62. The van der Waals surface area contributed by atoms with Crippen LogP contribution in [-0.2, 0) is 6.54 Å². The lowest BCUT2D eigenvalue weighted by Gasteiger charge is -1.94. The van der Waals surface area contributed by atoms with Crippen molar-refractivity contribution in [3.05, 3.63) is 35.1 Å². The number of aryl methyl sites for hydroxylation is 1. The molecule has 0 bridgehead atoms. The van der Waals surface area contributed by atoms with Crippen LogP contribution in [0, 0.1) is 18.6 Å². The number of benzene rings is 1. The molecule has 0 aliphatic rings. The fraction of sp³-hybridized carbons (Fsp3) is 0.273. The van der Waals surface area contributed by atoms with Gasteiger partial charge in [0.25, 0.3) is 0 Å². The largest absolute Gasteiger partial charge is 0.456 e. The summed E-state index contributed by atoms with van der Waals surface area (Å²) >= 11 is 0. The van der Waals surface area contributed by atoms with E-state index in [4.69, 9.17) is 4.42 Å². The van der Waals surface area contributed by atoms with Crippen molar-refractivity contribution in [2.24, 2.45) is 0 Å². The Hall–Kier alpha value is -1.42. The van der Waals surface area contributed by atoms with Crippen LogP contribution in [0.25, 0.3) is 11.0 Å². The van der Waals surface area contributed by atoms with E-state index < -0.39 is 11.6 Å². The van der Waals surface area contributed by atoms with Crippen molar-refractivity contribution in [3.63, 3.8) is 0 Å². The number of hydrogen-bond acceptors (Lipinski definition) is 2. The standard InChI is InChI=1S/C11H11F2NO/c1-6-8-3-7(12)4-9(13)11(8)15-10(6)5-14-2/h3-4,14H,5H2,1-2H3. The minimum Gasteiger partial charge on any atom is -0.456 e. The predicted octanol–water partition coefficient (Wildman–Crippen LogP) is 2.74. The number of furan rings is 1. The molecule has 0 radical (unpaired) electrons. The van der Waals surface area contributed by atoms with E-state index >= 15 is 0 Å². The van der Waals surface area contributed by atoms with Crippen LogP contribution < -0.4 is 5.32 Å². The summed E-state index contributed by atoms with van der Waals surface area (Å²) in [6.07, 6.45) is 0. The minimum absolute atomic E-state index is 0.124. The fourth-order valence-electron chi connectivity index (χ4n) is 1.62. The topological polar surface area (TPSA) is 25.2 Å². The van der Waals surface area contributed by atoms with Gasteiger partial charge in [0.15, 0.2) is 11.4 Å². The maximum absolute atomic E-state index is 13.3. The maximum atomic E-state index is 13.3. The molecule has 1 aromatic carbocycles. The number of hydrogen-bond donors (Lipinski definition) is 1. The minimum atomic E-state index is -0.657. The molecule has 2 rings (SSSR count). The molecule has 1 N–H and O–H groups in total. The molecule has 0 saturated heterocycles. The second-order valence-electron chi connectivity index (χ2n) is 3.44. The van der Waals surface area contributed by atoms with E-state index in [0.717, 1.165) is 11.6 Å². The van der Waals surface area contributed by atoms with Crippen LogP contribution in [0.4, 0.5) is 8.78 Å². The Labute approximate surface area is 85.9 Å². The highest BCUT2D eigenvalue weighted by Gasteiger charge is 2.14. The van der Waals surface area contributed by atoms with Gasteiger partial charge in [-0.25, -0.2) is 8.78 Å². The second kappa shape index (κ2) is 3.62. The van der Waals surface area contributed by atoms with Crippen molar-refractivity contribution < 1.29 is 13.2 Å². The van der Waals surface area contributed by atoms with E-state index in [9.17, 15) is 8.78 Å². The Kier molecular flexibility index (Phi) is 2.44. The van der Waals surface area contributed by atoms with E-state index in [0.29, 0.717) is 17.7 Å². The number of nitrogens with one attached hydrogen (secondary N) is 1. The van der Waals surface area contributed by atoms with Gasteiger partial charge in [-0.05, 0) is 25.6 Å². The van der Waals surface area contributed by atoms with Crippen LogP contribution >= 0.6 is 0 Å². The van der Waals surface area contributed by atoms with Crippen molar-refractivity contribution in [2.75, 3.05) is 7.05 Å². The average Bonchev–Trinajstić information content (AvgIpc) is 2.47. The van der Waals surface area contributed by atoms with Gasteiger partial charge in [-0.1, -0.05) is 0 Å². The molecule has 2 aromatic rings. The molecule has 2 nitrogen and oxygen atoms in total. The van der Waals surface area contributed by atoms with Gasteiger partial charge in [-0.2, -0.15) is 0 Å². The van der Waals surface area contributed by atoms with Gasteiger partial charge in [0, 0.05) is 11.5 Å². The third kappa shape index (κ3) is 1.61. The monoisotopic (exact) mass is 211 g/mol. The molecular formula is C11H11F2NO. The zero-order valence-electron chi connectivity index (χ0n) is 8.53. The average molecular weight is 211 g/mol. The lowest BCUT2D eigenvalue weighted by Crippen LogP contribution is -2.04. The van der Waals surface area contributed by atoms with Crippen LogP contribution in [0.3, 0.4) is 0 Å². The summed E-state index contributed by atoms with van der Waals surface area (Å²) in [5, 5.41) is 3.41. The second-order valence-corrected chi connectivity index (χ2v) is 3.44. The highest BCUT2D eigenvalue weighted by Crippen LogP contribution is 2.28. The molecule has 0 atom stereocenters. The summed E-state index contributed by atoms with van der Waals surface area (Å²) in [4.78, 5) is 0. The van der Waals surface area contributed by atoms with Crippen LogP contribution in [0.15, 0.2) is 16.5 Å². The molecule has 0 spiro atoms. The summed E-state index contributed by atoms with van der Waals surface area (Å²) in [5.74, 6) is -0.604. The molecule has 1 heterocycles. The third-order valence-corrected chi connectivity index (χ3v) is 2.39. The highest BCUT2D eigenvalue weighted by atomic mass is 19.1. The summed E-state index contributed by atoms with van der Waals surface area (Å²) in [5.41, 5.74) is 0.900. The van der Waals surface area contributed by atoms with Gasteiger partial charge in [0.2, 0.25) is 0 Å². The molecule has 0 aliphatic carbocycles. The zero-order chi connectivity index (χ0) is 11.0. The molecule has 0 saturated carbocycles. The van der Waals surface area contributed by atoms with E-state index in [2.05, 4.69) is 5.32 Å². The SMILES string of the molecule is CNCc1oc2c(F)cc(F)cc2c1C. The van der Waals surface area contributed by atoms with Gasteiger partial charge in [-0.3, -0.25) is 0 Å². The Morgan fingerprint density at radius 1 is 1.33 bits per heavy atom. The summed E-state index contributed by atoms with van der Waals surface area (Å²) in [6.45, 7) is 2.29. The van der Waals surface area contributed by atoms with Gasteiger partial charge in [-0.15, -0.1) is 0 Å². The number of rotatable bonds is 2. The first-order chi connectivity index (χ1) is 7.13. The normalized spacial score (nSPS) is 11.2. The van der Waals surface area contributed by atoms with E-state index in [-0.39, 0.29) is 5.58 Å². The zero-order valence-corrected chi connectivity index (χ0v) is 8.53. The van der Waals surface area contributed by atoms with Gasteiger partial charge in [0.05, 0.1) is 6.54 Å². The number of fused-ring (bicyclic) bond motifs is 1. The lowest BCUT2D eigenvalue weighted by atomic mass is 10.1. The summed E-state index contributed by atoms with van der Waals surface area (Å²) in [6, 6.07) is 2.12. The van der Waals surface area contributed by atoms with Crippen molar-refractivity contribution >= 4 is 11.0 Å². The first-order valence-corrected chi connectivity index (χ1v) is 4.65. The van der Waals surface area contributed by atoms with Gasteiger partial charge < -0.3 is 9.73 Å². The van der Waals surface area contributed by atoms with E-state index in [1.54, 1.807) is 14.0 Å². The van der Waals surface area contributed by atoms with Gasteiger partial charge in [0.1, 0.15) is 11.6 Å². The molecule has 0 unspecified atom stereocenters. The third-order valence-electron chi connectivity index (χ3n) is 2.39. The van der Waals surface area contributed by atoms with Crippen molar-refractivity contribution in [1.82, 2.24) is 5.32 Å². The summed E-state index contributed by atoms with van der Waals surface area (Å²) < 4.78 is 31.6. The Bertz CT molecular complexity index is 505. The predicted molar refractivity (Wildman–Crippen MR) is 53.6 cm³/mol. The first kappa shape index (κ1) is 10.1. The lowest BCUT2D eigenvalue weighted by molar-refractivity contribution is 0.500. The Balaban J connectivity index is 2.70. The Morgan fingerprint density at radius 2 is 2.07 bits per heavy atom. The maximum Gasteiger partial charge on any atom is 0.170 e. The van der Waals surface area contributed by atoms with Crippen molar-refractivity contribution in [3.8, 4) is 0 Å². The highest BCUT2D eigenvalue weighted by molar-refractivity contribution is 5.82. The number of halogens is 2. The molecule has 0 amide bonds. The van der Waals surface area contributed by atoms with Crippen LogP contribution in [0.2, 0.25) is 0 Å².